The highest BCUT2D eigenvalue weighted by atomic mass is 16.5. The van der Waals surface area contributed by atoms with Crippen molar-refractivity contribution in [2.75, 3.05) is 25.2 Å². The number of nitriles is 1. The quantitative estimate of drug-likeness (QED) is 0.546. The lowest BCUT2D eigenvalue weighted by atomic mass is 10.1. The maximum atomic E-state index is 12.9. The molecule has 0 spiro atoms. The first kappa shape index (κ1) is 20.0. The normalized spacial score (nSPS) is 10.7. The van der Waals surface area contributed by atoms with Crippen molar-refractivity contribution in [3.05, 3.63) is 72.3 Å². The number of nitrogens with zero attached hydrogens (tertiary/aromatic N) is 2. The molecule has 0 aliphatic rings. The van der Waals surface area contributed by atoms with Crippen LogP contribution >= 0.6 is 0 Å². The van der Waals surface area contributed by atoms with Crippen molar-refractivity contribution in [3.8, 4) is 17.6 Å². The van der Waals surface area contributed by atoms with Crippen LogP contribution in [0.1, 0.15) is 12.5 Å². The van der Waals surface area contributed by atoms with Gasteiger partial charge in [-0.1, -0.05) is 42.5 Å². The van der Waals surface area contributed by atoms with Crippen LogP contribution in [0.25, 0.3) is 16.8 Å². The molecule has 0 atom stereocenters. The van der Waals surface area contributed by atoms with Crippen molar-refractivity contribution in [1.82, 2.24) is 0 Å². The topological polar surface area (TPSA) is 62.6 Å². The Morgan fingerprint density at radius 2 is 1.90 bits per heavy atom. The van der Waals surface area contributed by atoms with E-state index in [1.807, 2.05) is 61.5 Å². The van der Waals surface area contributed by atoms with Gasteiger partial charge in [0.1, 0.15) is 6.07 Å². The number of ether oxygens (including phenoxy) is 2. The summed E-state index contributed by atoms with van der Waals surface area (Å²) in [4.78, 5) is 14.7. The molecular formula is C24H22N2O3. The molecule has 5 heteroatoms. The zero-order valence-electron chi connectivity index (χ0n) is 16.5. The summed E-state index contributed by atoms with van der Waals surface area (Å²) in [6, 6.07) is 21.2. The molecular weight excluding hydrogens is 364 g/mol. The predicted octanol–water partition coefficient (Wildman–Crippen LogP) is 4.82. The van der Waals surface area contributed by atoms with Crippen LogP contribution in [0.2, 0.25) is 0 Å². The van der Waals surface area contributed by atoms with Gasteiger partial charge in [-0.25, -0.2) is 0 Å². The van der Waals surface area contributed by atoms with Crippen molar-refractivity contribution in [3.63, 3.8) is 0 Å². The van der Waals surface area contributed by atoms with Gasteiger partial charge in [0.15, 0.2) is 18.1 Å². The minimum Gasteiger partial charge on any atom is -0.493 e. The van der Waals surface area contributed by atoms with Gasteiger partial charge in [0.05, 0.1) is 12.8 Å². The van der Waals surface area contributed by atoms with Gasteiger partial charge < -0.3 is 14.4 Å². The smallest absolute Gasteiger partial charge is 0.250 e. The van der Waals surface area contributed by atoms with E-state index in [9.17, 15) is 4.79 Å². The van der Waals surface area contributed by atoms with Crippen molar-refractivity contribution in [2.24, 2.45) is 0 Å². The predicted molar refractivity (Wildman–Crippen MR) is 115 cm³/mol. The van der Waals surface area contributed by atoms with Crippen molar-refractivity contribution in [1.29, 1.82) is 5.26 Å². The molecule has 0 saturated carbocycles. The SMILES string of the molecule is CCN(C(=O)/C=C/c1ccc(OCC#N)c(OC)c1)c1cccc2ccccc12. The molecule has 5 nitrogen and oxygen atoms in total. The minimum atomic E-state index is -0.104. The third kappa shape index (κ3) is 4.56. The van der Waals surface area contributed by atoms with Gasteiger partial charge in [0.25, 0.3) is 5.91 Å². The fourth-order valence-corrected chi connectivity index (χ4v) is 3.16. The summed E-state index contributed by atoms with van der Waals surface area (Å²) in [7, 11) is 1.53. The summed E-state index contributed by atoms with van der Waals surface area (Å²) >= 11 is 0. The summed E-state index contributed by atoms with van der Waals surface area (Å²) in [5, 5.41) is 10.8. The van der Waals surface area contributed by atoms with Crippen LogP contribution in [0.4, 0.5) is 5.69 Å². The standard InChI is InChI=1S/C24H22N2O3/c1-3-26(21-10-6-8-19-7-4-5-9-20(19)21)24(27)14-12-18-11-13-22(29-16-15-25)23(17-18)28-2/h4-14,17H,3,16H2,1-2H3/b14-12+. The van der Waals surface area contributed by atoms with Gasteiger partial charge in [-0.3, -0.25) is 4.79 Å². The maximum absolute atomic E-state index is 12.9. The first-order valence-electron chi connectivity index (χ1n) is 9.33. The van der Waals surface area contributed by atoms with Gasteiger partial charge >= 0.3 is 0 Å². The Morgan fingerprint density at radius 3 is 2.66 bits per heavy atom. The van der Waals surface area contributed by atoms with Crippen LogP contribution in [0.5, 0.6) is 11.5 Å². The lowest BCUT2D eigenvalue weighted by Gasteiger charge is -2.21. The van der Waals surface area contributed by atoms with E-state index < -0.39 is 0 Å². The first-order chi connectivity index (χ1) is 14.2. The average molecular weight is 386 g/mol. The molecule has 0 heterocycles. The molecule has 146 valence electrons. The lowest BCUT2D eigenvalue weighted by molar-refractivity contribution is -0.114. The molecule has 3 aromatic rings. The fraction of sp³-hybridized carbons (Fsp3) is 0.167. The molecule has 3 rings (SSSR count). The maximum Gasteiger partial charge on any atom is 0.250 e. The summed E-state index contributed by atoms with van der Waals surface area (Å²) in [5.41, 5.74) is 1.69. The highest BCUT2D eigenvalue weighted by Crippen LogP contribution is 2.29. The van der Waals surface area contributed by atoms with E-state index in [0.29, 0.717) is 18.0 Å². The number of fused-ring (bicyclic) bond motifs is 1. The highest BCUT2D eigenvalue weighted by molar-refractivity contribution is 6.09. The second-order valence-corrected chi connectivity index (χ2v) is 6.27. The van der Waals surface area contributed by atoms with Crippen LogP contribution in [0, 0.1) is 11.3 Å². The van der Waals surface area contributed by atoms with Crippen molar-refractivity contribution >= 4 is 28.4 Å². The number of hydrogen-bond acceptors (Lipinski definition) is 4. The third-order valence-electron chi connectivity index (χ3n) is 4.54. The zero-order valence-corrected chi connectivity index (χ0v) is 16.5. The molecule has 0 unspecified atom stereocenters. The molecule has 1 amide bonds. The summed E-state index contributed by atoms with van der Waals surface area (Å²) in [5.74, 6) is 0.896. The molecule has 0 fully saturated rings. The largest absolute Gasteiger partial charge is 0.493 e. The molecule has 0 aromatic heterocycles. The number of amides is 1. The molecule has 0 N–H and O–H groups in total. The van der Waals surface area contributed by atoms with E-state index in [2.05, 4.69) is 0 Å². The number of benzene rings is 3. The number of carbonyl (C=O) groups excluding carboxylic acids is 1. The van der Waals surface area contributed by atoms with Crippen molar-refractivity contribution < 1.29 is 14.3 Å². The molecule has 0 radical (unpaired) electrons. The molecule has 29 heavy (non-hydrogen) atoms. The monoisotopic (exact) mass is 386 g/mol. The number of carbonyl (C=O) groups is 1. The van der Waals surface area contributed by atoms with E-state index in [0.717, 1.165) is 22.0 Å². The first-order valence-corrected chi connectivity index (χ1v) is 9.33. The van der Waals surface area contributed by atoms with Gasteiger partial charge in [-0.05, 0) is 42.1 Å². The van der Waals surface area contributed by atoms with Gasteiger partial charge in [-0.15, -0.1) is 0 Å². The van der Waals surface area contributed by atoms with E-state index in [1.165, 1.54) is 7.11 Å². The average Bonchev–Trinajstić information content (AvgIpc) is 2.77. The number of methoxy groups -OCH3 is 1. The highest BCUT2D eigenvalue weighted by Gasteiger charge is 2.14. The molecule has 0 saturated heterocycles. The van der Waals surface area contributed by atoms with Gasteiger partial charge in [0.2, 0.25) is 0 Å². The Labute approximate surface area is 170 Å². The van der Waals surface area contributed by atoms with E-state index in [1.54, 1.807) is 29.2 Å². The van der Waals surface area contributed by atoms with Crippen LogP contribution in [0.15, 0.2) is 66.7 Å². The second-order valence-electron chi connectivity index (χ2n) is 6.27. The Balaban J connectivity index is 1.84. The van der Waals surface area contributed by atoms with Gasteiger partial charge in [-0.2, -0.15) is 5.26 Å². The van der Waals surface area contributed by atoms with Crippen LogP contribution in [-0.4, -0.2) is 26.2 Å². The summed E-state index contributed by atoms with van der Waals surface area (Å²) < 4.78 is 10.6. The number of likely N-dealkylation sites (N-methyl/N-ethyl adjacent to an activating group) is 1. The Morgan fingerprint density at radius 1 is 1.10 bits per heavy atom. The number of hydrogen-bond donors (Lipinski definition) is 0. The molecule has 0 bridgehead atoms. The van der Waals surface area contributed by atoms with Gasteiger partial charge in [0, 0.05) is 18.0 Å². The fourth-order valence-electron chi connectivity index (χ4n) is 3.16. The summed E-state index contributed by atoms with van der Waals surface area (Å²) in [6.45, 7) is 2.46. The van der Waals surface area contributed by atoms with Crippen molar-refractivity contribution in [2.45, 2.75) is 6.92 Å². The zero-order chi connectivity index (χ0) is 20.6. The van der Waals surface area contributed by atoms with Crippen LogP contribution in [-0.2, 0) is 4.79 Å². The number of anilines is 1. The summed E-state index contributed by atoms with van der Waals surface area (Å²) in [6.07, 6.45) is 3.29. The third-order valence-corrected chi connectivity index (χ3v) is 4.54. The molecule has 0 aliphatic carbocycles. The Bertz CT molecular complexity index is 1080. The lowest BCUT2D eigenvalue weighted by Crippen LogP contribution is -2.28. The van der Waals surface area contributed by atoms with E-state index >= 15 is 0 Å². The van der Waals surface area contributed by atoms with Crippen LogP contribution < -0.4 is 14.4 Å². The number of rotatable bonds is 7. The molecule has 3 aromatic carbocycles. The van der Waals surface area contributed by atoms with E-state index in [4.69, 9.17) is 14.7 Å². The second kappa shape index (κ2) is 9.43. The van der Waals surface area contributed by atoms with Crippen LogP contribution in [0.3, 0.4) is 0 Å². The van der Waals surface area contributed by atoms with E-state index in [-0.39, 0.29) is 12.5 Å². The Kier molecular flexibility index (Phi) is 6.49. The minimum absolute atomic E-state index is 0.0550. The molecule has 0 aliphatic heterocycles. The Hall–Kier alpha value is -3.78.